The van der Waals surface area contributed by atoms with Crippen LogP contribution in [0.4, 0.5) is 5.82 Å². The summed E-state index contributed by atoms with van der Waals surface area (Å²) in [5.41, 5.74) is 3.71. The highest BCUT2D eigenvalue weighted by Gasteiger charge is 2.50. The van der Waals surface area contributed by atoms with E-state index < -0.39 is 0 Å². The number of benzene rings is 1. The Morgan fingerprint density at radius 3 is 2.40 bits per heavy atom. The number of pyridine rings is 1. The van der Waals surface area contributed by atoms with Gasteiger partial charge in [-0.3, -0.25) is 9.69 Å². The topological polar surface area (TPSA) is 106 Å². The van der Waals surface area contributed by atoms with Gasteiger partial charge in [0.15, 0.2) is 0 Å². The van der Waals surface area contributed by atoms with Crippen molar-refractivity contribution in [2.24, 2.45) is 11.3 Å². The van der Waals surface area contributed by atoms with E-state index in [-0.39, 0.29) is 34.8 Å². The predicted molar refractivity (Wildman–Crippen MR) is 161 cm³/mol. The average Bonchev–Trinajstić information content (AvgIpc) is 3.52. The molecule has 1 N–H and O–H groups in total. The van der Waals surface area contributed by atoms with E-state index in [1.54, 1.807) is 18.1 Å². The lowest BCUT2D eigenvalue weighted by Crippen LogP contribution is -2.52. The van der Waals surface area contributed by atoms with Gasteiger partial charge in [-0.1, -0.05) is 12.1 Å². The van der Waals surface area contributed by atoms with Crippen LogP contribution in [0.1, 0.15) is 95.2 Å². The Morgan fingerprint density at radius 1 is 1.07 bits per heavy atom. The highest BCUT2D eigenvalue weighted by atomic mass is 16.5. The molecule has 1 aromatic carbocycles. The molecule has 4 aliphatic carbocycles. The molecule has 1 amide bonds. The maximum atomic E-state index is 14.2. The molecule has 2 heterocycles. The first kappa shape index (κ1) is 28.8. The fraction of sp³-hybridized carbons (Fsp3) is 0.606. The lowest BCUT2D eigenvalue weighted by atomic mass is 9.51. The third-order valence-electron chi connectivity index (χ3n) is 10.4. The van der Waals surface area contributed by atoms with Gasteiger partial charge in [0, 0.05) is 24.2 Å². The summed E-state index contributed by atoms with van der Waals surface area (Å²) in [6.07, 6.45) is 10.9. The normalized spacial score (nSPS) is 27.3. The van der Waals surface area contributed by atoms with Crippen LogP contribution in [-0.4, -0.2) is 56.0 Å². The number of aryl methyl sites for hydroxylation is 1. The first-order valence-corrected chi connectivity index (χ1v) is 15.6. The van der Waals surface area contributed by atoms with Crippen LogP contribution in [0.25, 0.3) is 11.4 Å². The smallest absolute Gasteiger partial charge is 0.231 e. The molecule has 0 spiro atoms. The van der Waals surface area contributed by atoms with Crippen LogP contribution in [0, 0.1) is 18.3 Å². The van der Waals surface area contributed by atoms with Crippen molar-refractivity contribution in [3.8, 4) is 17.1 Å². The zero-order valence-corrected chi connectivity index (χ0v) is 25.4. The molecule has 2 bridgehead atoms. The van der Waals surface area contributed by atoms with Gasteiger partial charge in [0.05, 0.1) is 19.3 Å². The molecule has 0 radical (unpaired) electrons. The maximum absolute atomic E-state index is 14.2. The number of aliphatic hydroxyl groups is 1. The van der Waals surface area contributed by atoms with Crippen molar-refractivity contribution >= 4 is 11.7 Å². The second kappa shape index (κ2) is 11.4. The molecule has 0 atom stereocenters. The minimum Gasteiger partial charge on any atom is -0.496 e. The number of tetrazole rings is 1. The molecule has 4 saturated carbocycles. The van der Waals surface area contributed by atoms with E-state index in [0.717, 1.165) is 49.8 Å². The maximum Gasteiger partial charge on any atom is 0.231 e. The van der Waals surface area contributed by atoms with E-state index >= 15 is 0 Å². The standard InChI is InChI=1S/C33H44N6O3/c1-22(2)39-36-30(35-37-39)25-11-18-34-29(20-25)38(31(41)24-5-8-27(40)9-6-24)21-32-12-15-33(16-13-32,17-14-32)26-7-10-28(42-4)23(3)19-26/h7,10-11,18-20,22,24,27,40H,5-6,8-9,12-17,21H2,1-4H3. The quantitative estimate of drug-likeness (QED) is 0.363. The number of fused-ring (bicyclic) bond motifs is 3. The fourth-order valence-electron chi connectivity index (χ4n) is 7.56. The van der Waals surface area contributed by atoms with Gasteiger partial charge in [-0.2, -0.15) is 4.80 Å². The second-order valence-corrected chi connectivity index (χ2v) is 13.3. The Hall–Kier alpha value is -3.33. The minimum atomic E-state index is -0.302. The summed E-state index contributed by atoms with van der Waals surface area (Å²) in [7, 11) is 1.73. The summed E-state index contributed by atoms with van der Waals surface area (Å²) in [5.74, 6) is 2.18. The molecule has 3 aromatic rings. The number of methoxy groups -OCH3 is 1. The molecule has 7 rings (SSSR count). The zero-order chi connectivity index (χ0) is 29.5. The predicted octanol–water partition coefficient (Wildman–Crippen LogP) is 5.81. The van der Waals surface area contributed by atoms with Crippen LogP contribution >= 0.6 is 0 Å². The largest absolute Gasteiger partial charge is 0.496 e. The minimum absolute atomic E-state index is 0.0732. The van der Waals surface area contributed by atoms with E-state index in [4.69, 9.17) is 9.72 Å². The second-order valence-electron chi connectivity index (χ2n) is 13.3. The van der Waals surface area contributed by atoms with E-state index in [1.807, 2.05) is 30.9 Å². The number of aromatic nitrogens is 5. The van der Waals surface area contributed by atoms with Crippen LogP contribution in [-0.2, 0) is 10.2 Å². The van der Waals surface area contributed by atoms with Gasteiger partial charge in [-0.25, -0.2) is 4.98 Å². The molecular formula is C33H44N6O3. The van der Waals surface area contributed by atoms with E-state index in [9.17, 15) is 9.90 Å². The number of rotatable bonds is 8. The number of hydrogen-bond donors (Lipinski definition) is 1. The number of nitrogens with zero attached hydrogens (tertiary/aromatic N) is 6. The molecule has 9 nitrogen and oxygen atoms in total. The first-order chi connectivity index (χ1) is 20.2. The van der Waals surface area contributed by atoms with Gasteiger partial charge in [-0.05, 0) is 130 Å². The Bertz CT molecular complexity index is 1400. The number of aliphatic hydroxyl groups excluding tert-OH is 1. The van der Waals surface area contributed by atoms with E-state index in [0.29, 0.717) is 43.9 Å². The van der Waals surface area contributed by atoms with Gasteiger partial charge in [0.2, 0.25) is 11.7 Å². The Balaban J connectivity index is 1.27. The van der Waals surface area contributed by atoms with Gasteiger partial charge >= 0.3 is 0 Å². The molecular weight excluding hydrogens is 528 g/mol. The van der Waals surface area contributed by atoms with Crippen molar-refractivity contribution < 1.29 is 14.6 Å². The van der Waals surface area contributed by atoms with Gasteiger partial charge in [0.25, 0.3) is 0 Å². The summed E-state index contributed by atoms with van der Waals surface area (Å²) in [6.45, 7) is 6.83. The lowest BCUT2D eigenvalue weighted by molar-refractivity contribution is -0.124. The summed E-state index contributed by atoms with van der Waals surface area (Å²) in [5, 5.41) is 23.1. The van der Waals surface area contributed by atoms with Crippen LogP contribution in [0.3, 0.4) is 0 Å². The Kier molecular flexibility index (Phi) is 7.81. The number of anilines is 1. The molecule has 0 unspecified atom stereocenters. The number of amides is 1. The van der Waals surface area contributed by atoms with Gasteiger partial charge in [-0.15, -0.1) is 10.2 Å². The molecule has 4 fully saturated rings. The number of hydrogen-bond acceptors (Lipinski definition) is 7. The number of ether oxygens (including phenoxy) is 1. The molecule has 9 heteroatoms. The number of carbonyl (C=O) groups is 1. The van der Waals surface area contributed by atoms with Crippen LogP contribution in [0.5, 0.6) is 5.75 Å². The average molecular weight is 573 g/mol. The van der Waals surface area contributed by atoms with Crippen LogP contribution < -0.4 is 9.64 Å². The third kappa shape index (κ3) is 5.43. The Labute approximate surface area is 248 Å². The number of carbonyl (C=O) groups excluding carboxylic acids is 1. The summed E-state index contributed by atoms with van der Waals surface area (Å²) in [6, 6.07) is 10.6. The molecule has 2 aromatic heterocycles. The molecule has 4 aliphatic rings. The van der Waals surface area contributed by atoms with E-state index in [1.165, 1.54) is 11.1 Å². The third-order valence-corrected chi connectivity index (χ3v) is 10.4. The SMILES string of the molecule is COc1ccc(C23CCC(CN(C(=O)C4CCC(O)CC4)c4cc(-c5nnn(C(C)C)n5)ccn4)(CC2)CC3)cc1C. The molecule has 0 saturated heterocycles. The highest BCUT2D eigenvalue weighted by Crippen LogP contribution is 2.58. The van der Waals surface area contributed by atoms with Crippen molar-refractivity contribution in [3.63, 3.8) is 0 Å². The highest BCUT2D eigenvalue weighted by molar-refractivity contribution is 5.94. The van der Waals surface area contributed by atoms with Crippen molar-refractivity contribution in [2.45, 2.75) is 103 Å². The summed E-state index contributed by atoms with van der Waals surface area (Å²) >= 11 is 0. The van der Waals surface area contributed by atoms with Gasteiger partial charge < -0.3 is 9.84 Å². The van der Waals surface area contributed by atoms with Crippen molar-refractivity contribution in [3.05, 3.63) is 47.7 Å². The summed E-state index contributed by atoms with van der Waals surface area (Å²) in [4.78, 5) is 22.5. The summed E-state index contributed by atoms with van der Waals surface area (Å²) < 4.78 is 5.52. The fourth-order valence-corrected chi connectivity index (χ4v) is 7.56. The zero-order valence-electron chi connectivity index (χ0n) is 25.4. The van der Waals surface area contributed by atoms with Crippen LogP contribution in [0.2, 0.25) is 0 Å². The molecule has 0 aliphatic heterocycles. The lowest BCUT2D eigenvalue weighted by Gasteiger charge is -2.55. The van der Waals surface area contributed by atoms with E-state index in [2.05, 4.69) is 40.5 Å². The van der Waals surface area contributed by atoms with Gasteiger partial charge in [0.1, 0.15) is 11.6 Å². The first-order valence-electron chi connectivity index (χ1n) is 15.6. The van der Waals surface area contributed by atoms with Crippen molar-refractivity contribution in [2.75, 3.05) is 18.6 Å². The monoisotopic (exact) mass is 572 g/mol. The Morgan fingerprint density at radius 2 is 1.79 bits per heavy atom. The van der Waals surface area contributed by atoms with Crippen LogP contribution in [0.15, 0.2) is 36.5 Å². The molecule has 42 heavy (non-hydrogen) atoms. The van der Waals surface area contributed by atoms with Crippen molar-refractivity contribution in [1.29, 1.82) is 0 Å². The molecule has 224 valence electrons. The van der Waals surface area contributed by atoms with Crippen molar-refractivity contribution in [1.82, 2.24) is 25.2 Å².